The number of hydrogen-bond donors (Lipinski definition) is 3. The minimum absolute atomic E-state index is 0.105. The first-order valence-electron chi connectivity index (χ1n) is 14.7. The molecule has 1 aliphatic rings. The van der Waals surface area contributed by atoms with Gasteiger partial charge in [0.05, 0.1) is 33.5 Å². The molecule has 0 bridgehead atoms. The molecule has 0 saturated heterocycles. The van der Waals surface area contributed by atoms with E-state index in [1.165, 1.54) is 19.3 Å². The van der Waals surface area contributed by atoms with Crippen molar-refractivity contribution in [1.82, 2.24) is 20.3 Å². The molecule has 1 fully saturated rings. The van der Waals surface area contributed by atoms with Crippen molar-refractivity contribution >= 4 is 23.8 Å². The maximum Gasteiger partial charge on any atom is 0.251 e. The highest BCUT2D eigenvalue weighted by molar-refractivity contribution is 5.94. The summed E-state index contributed by atoms with van der Waals surface area (Å²) in [5.74, 6) is 2.41. The summed E-state index contributed by atoms with van der Waals surface area (Å²) in [6.07, 6.45) is 6.05. The van der Waals surface area contributed by atoms with Crippen molar-refractivity contribution in [3.63, 3.8) is 0 Å². The van der Waals surface area contributed by atoms with Gasteiger partial charge in [-0.15, -0.1) is 0 Å². The van der Waals surface area contributed by atoms with Gasteiger partial charge in [0.2, 0.25) is 17.8 Å². The highest BCUT2D eigenvalue weighted by Gasteiger charge is 2.21. The van der Waals surface area contributed by atoms with E-state index in [2.05, 4.69) is 32.9 Å². The topological polar surface area (TPSA) is 123 Å². The van der Waals surface area contributed by atoms with Gasteiger partial charge in [0.1, 0.15) is 5.75 Å². The van der Waals surface area contributed by atoms with Crippen molar-refractivity contribution in [2.45, 2.75) is 44.7 Å². The number of aromatic nitrogens is 3. The van der Waals surface area contributed by atoms with Gasteiger partial charge in [-0.2, -0.15) is 15.0 Å². The maximum atomic E-state index is 12.0. The van der Waals surface area contributed by atoms with Gasteiger partial charge in [0, 0.05) is 38.3 Å². The summed E-state index contributed by atoms with van der Waals surface area (Å²) in [5.41, 5.74) is 1.74. The van der Waals surface area contributed by atoms with Crippen LogP contribution in [-0.4, -0.2) is 80.6 Å². The van der Waals surface area contributed by atoms with Gasteiger partial charge in [-0.3, -0.25) is 4.79 Å². The van der Waals surface area contributed by atoms with Crippen LogP contribution in [0.1, 0.15) is 48.0 Å². The van der Waals surface area contributed by atoms with E-state index in [9.17, 15) is 4.79 Å². The average Bonchev–Trinajstić information content (AvgIpc) is 3.05. The van der Waals surface area contributed by atoms with Gasteiger partial charge < -0.3 is 35.1 Å². The number of amides is 1. The Balaban J connectivity index is 1.20. The van der Waals surface area contributed by atoms with E-state index in [1.54, 1.807) is 19.2 Å². The van der Waals surface area contributed by atoms with E-state index in [0.717, 1.165) is 24.2 Å². The van der Waals surface area contributed by atoms with Gasteiger partial charge in [-0.05, 0) is 42.7 Å². The van der Waals surface area contributed by atoms with Crippen LogP contribution in [0.15, 0.2) is 54.6 Å². The Hall–Kier alpha value is -3.96. The maximum absolute atomic E-state index is 12.0. The van der Waals surface area contributed by atoms with Crippen molar-refractivity contribution in [2.24, 2.45) is 0 Å². The first kappa shape index (κ1) is 31.0. The lowest BCUT2D eigenvalue weighted by atomic mass is 9.95. The van der Waals surface area contributed by atoms with Crippen molar-refractivity contribution < 1.29 is 19.0 Å². The Bertz CT molecular complexity index is 1210. The summed E-state index contributed by atoms with van der Waals surface area (Å²) in [7, 11) is 3.73. The number of ether oxygens (including phenoxy) is 3. The minimum Gasteiger partial charge on any atom is -0.497 e. The standard InChI is InChI=1S/C31H43N7O4/c1-38(26-11-7-4-8-12-26)31-36-29(35-30(37-31)34-23-24-13-15-27(40-2)16-14-24)33-18-20-42-22-21-41-19-17-32-28(39)25-9-5-3-6-10-25/h3,5-6,9-10,13-16,26H,4,7-8,11-12,17-23H2,1-2H3,(H,32,39)(H2,33,34,35,36,37). The molecule has 2 aromatic carbocycles. The van der Waals surface area contributed by atoms with Gasteiger partial charge in [-0.25, -0.2) is 0 Å². The van der Waals surface area contributed by atoms with Gasteiger partial charge in [0.25, 0.3) is 5.91 Å². The Labute approximate surface area is 248 Å². The fraction of sp³-hybridized carbons (Fsp3) is 0.484. The quantitative estimate of drug-likeness (QED) is 0.202. The fourth-order valence-corrected chi connectivity index (χ4v) is 4.72. The largest absolute Gasteiger partial charge is 0.497 e. The summed E-state index contributed by atoms with van der Waals surface area (Å²) < 4.78 is 16.5. The second kappa shape index (κ2) is 17.1. The molecule has 4 rings (SSSR count). The molecule has 226 valence electrons. The number of hydrogen-bond acceptors (Lipinski definition) is 10. The van der Waals surface area contributed by atoms with Crippen molar-refractivity contribution in [1.29, 1.82) is 0 Å². The van der Waals surface area contributed by atoms with E-state index in [4.69, 9.17) is 24.2 Å². The fourth-order valence-electron chi connectivity index (χ4n) is 4.72. The van der Waals surface area contributed by atoms with E-state index >= 15 is 0 Å². The van der Waals surface area contributed by atoms with Crippen molar-refractivity contribution in [3.05, 3.63) is 65.7 Å². The lowest BCUT2D eigenvalue weighted by Crippen LogP contribution is -2.35. The predicted molar refractivity (Wildman–Crippen MR) is 164 cm³/mol. The van der Waals surface area contributed by atoms with Gasteiger partial charge >= 0.3 is 0 Å². The second-order valence-corrected chi connectivity index (χ2v) is 10.2. The first-order valence-corrected chi connectivity index (χ1v) is 14.7. The molecule has 1 saturated carbocycles. The number of methoxy groups -OCH3 is 1. The van der Waals surface area contributed by atoms with Gasteiger partial charge in [0.15, 0.2) is 0 Å². The second-order valence-electron chi connectivity index (χ2n) is 10.2. The third-order valence-corrected chi connectivity index (χ3v) is 7.14. The third-order valence-electron chi connectivity index (χ3n) is 7.14. The zero-order valence-electron chi connectivity index (χ0n) is 24.7. The van der Waals surface area contributed by atoms with E-state index < -0.39 is 0 Å². The first-order chi connectivity index (χ1) is 20.6. The molecule has 11 nitrogen and oxygen atoms in total. The number of nitrogens with one attached hydrogen (secondary N) is 3. The van der Waals surface area contributed by atoms with Crippen LogP contribution in [0.2, 0.25) is 0 Å². The molecule has 42 heavy (non-hydrogen) atoms. The highest BCUT2D eigenvalue weighted by Crippen LogP contribution is 2.25. The molecule has 11 heteroatoms. The lowest BCUT2D eigenvalue weighted by Gasteiger charge is -2.31. The number of benzene rings is 2. The number of carbonyl (C=O) groups is 1. The van der Waals surface area contributed by atoms with Crippen LogP contribution in [0.5, 0.6) is 5.75 Å². The SMILES string of the molecule is COc1ccc(CNc2nc(NCCOCCOCCNC(=O)c3ccccc3)nc(N(C)C3CCCCC3)n2)cc1. The Kier molecular flexibility index (Phi) is 12.6. The molecule has 1 aliphatic carbocycles. The molecule has 1 amide bonds. The molecule has 0 atom stereocenters. The van der Waals surface area contributed by atoms with Crippen LogP contribution < -0.4 is 25.6 Å². The van der Waals surface area contributed by atoms with Gasteiger partial charge in [-0.1, -0.05) is 49.6 Å². The predicted octanol–water partition coefficient (Wildman–Crippen LogP) is 4.14. The van der Waals surface area contributed by atoms with Crippen molar-refractivity contribution in [2.75, 3.05) is 69.2 Å². The molecule has 0 spiro atoms. The minimum atomic E-state index is -0.105. The number of carbonyl (C=O) groups excluding carboxylic acids is 1. The monoisotopic (exact) mass is 577 g/mol. The molecule has 0 radical (unpaired) electrons. The average molecular weight is 578 g/mol. The molecule has 1 aromatic heterocycles. The molecule has 3 N–H and O–H groups in total. The molecule has 3 aromatic rings. The summed E-state index contributed by atoms with van der Waals surface area (Å²) in [5, 5.41) is 9.46. The summed E-state index contributed by atoms with van der Waals surface area (Å²) in [6, 6.07) is 17.5. The Morgan fingerprint density at radius 1 is 0.833 bits per heavy atom. The zero-order valence-corrected chi connectivity index (χ0v) is 24.7. The van der Waals surface area contributed by atoms with Crippen LogP contribution in [0, 0.1) is 0 Å². The normalized spacial score (nSPS) is 13.4. The number of rotatable bonds is 17. The van der Waals surface area contributed by atoms with Crippen molar-refractivity contribution in [3.8, 4) is 5.75 Å². The van der Waals surface area contributed by atoms with Crippen LogP contribution in [0.25, 0.3) is 0 Å². The summed E-state index contributed by atoms with van der Waals surface area (Å²) >= 11 is 0. The molecule has 0 aliphatic heterocycles. The Morgan fingerprint density at radius 3 is 2.19 bits per heavy atom. The highest BCUT2D eigenvalue weighted by atomic mass is 16.5. The summed E-state index contributed by atoms with van der Waals surface area (Å²) in [6.45, 7) is 3.37. The van der Waals surface area contributed by atoms with Crippen LogP contribution in [-0.2, 0) is 16.0 Å². The molecular weight excluding hydrogens is 534 g/mol. The van der Waals surface area contributed by atoms with E-state index in [0.29, 0.717) is 75.5 Å². The molecular formula is C31H43N7O4. The number of anilines is 3. The van der Waals surface area contributed by atoms with E-state index in [1.807, 2.05) is 42.5 Å². The molecule has 0 unspecified atom stereocenters. The molecule has 1 heterocycles. The number of nitrogens with zero attached hydrogens (tertiary/aromatic N) is 4. The summed E-state index contributed by atoms with van der Waals surface area (Å²) in [4.78, 5) is 28.3. The Morgan fingerprint density at radius 2 is 1.50 bits per heavy atom. The zero-order chi connectivity index (χ0) is 29.4. The van der Waals surface area contributed by atoms with Crippen LogP contribution >= 0.6 is 0 Å². The smallest absolute Gasteiger partial charge is 0.251 e. The third kappa shape index (κ3) is 10.1. The van der Waals surface area contributed by atoms with Crippen LogP contribution in [0.4, 0.5) is 17.8 Å². The van der Waals surface area contributed by atoms with E-state index in [-0.39, 0.29) is 5.91 Å². The lowest BCUT2D eigenvalue weighted by molar-refractivity contribution is 0.0519. The van der Waals surface area contributed by atoms with Crippen LogP contribution in [0.3, 0.4) is 0 Å².